The summed E-state index contributed by atoms with van der Waals surface area (Å²) in [5.41, 5.74) is 1.40. The molecule has 2 heterocycles. The van der Waals surface area contributed by atoms with Crippen molar-refractivity contribution in [2.45, 2.75) is 70.9 Å². The van der Waals surface area contributed by atoms with Gasteiger partial charge >= 0.3 is 0 Å². The number of rotatable bonds is 7. The number of nitrogens with one attached hydrogen (secondary N) is 1. The van der Waals surface area contributed by atoms with Gasteiger partial charge in [0.05, 0.1) is 12.0 Å². The van der Waals surface area contributed by atoms with Crippen LogP contribution < -0.4 is 5.32 Å². The molecule has 3 heteroatoms. The Hall–Kier alpha value is -0.830. The number of imidazole rings is 1. The second kappa shape index (κ2) is 6.93. The molecule has 1 aliphatic rings. The Morgan fingerprint density at radius 1 is 1.39 bits per heavy atom. The van der Waals surface area contributed by atoms with Gasteiger partial charge in [-0.2, -0.15) is 0 Å². The first kappa shape index (κ1) is 13.6. The van der Waals surface area contributed by atoms with E-state index in [-0.39, 0.29) is 0 Å². The largest absolute Gasteiger partial charge is 0.330 e. The lowest BCUT2D eigenvalue weighted by molar-refractivity contribution is 0.395. The molecule has 0 amide bonds. The smallest absolute Gasteiger partial charge is 0.0951 e. The molecule has 0 radical (unpaired) electrons. The van der Waals surface area contributed by atoms with Gasteiger partial charge in [0.2, 0.25) is 0 Å². The Balaban J connectivity index is 2.10. The SMILES string of the molecule is CCCCC(CCC)n1cncc1[C@@H]1CCCN1. The molecule has 1 N–H and O–H groups in total. The highest BCUT2D eigenvalue weighted by molar-refractivity contribution is 5.08. The van der Waals surface area contributed by atoms with Gasteiger partial charge in [-0.3, -0.25) is 0 Å². The highest BCUT2D eigenvalue weighted by Crippen LogP contribution is 2.29. The van der Waals surface area contributed by atoms with Gasteiger partial charge in [-0.1, -0.05) is 33.1 Å². The van der Waals surface area contributed by atoms with Crippen molar-refractivity contribution in [3.63, 3.8) is 0 Å². The predicted molar refractivity (Wildman–Crippen MR) is 75.7 cm³/mol. The summed E-state index contributed by atoms with van der Waals surface area (Å²) in [7, 11) is 0. The zero-order chi connectivity index (χ0) is 12.8. The fourth-order valence-corrected chi connectivity index (χ4v) is 3.02. The van der Waals surface area contributed by atoms with Gasteiger partial charge in [0.25, 0.3) is 0 Å². The maximum atomic E-state index is 4.40. The van der Waals surface area contributed by atoms with Crippen molar-refractivity contribution in [1.29, 1.82) is 0 Å². The number of aromatic nitrogens is 2. The molecule has 1 aromatic heterocycles. The summed E-state index contributed by atoms with van der Waals surface area (Å²) in [5, 5.41) is 3.59. The molecule has 0 aromatic carbocycles. The second-order valence-corrected chi connectivity index (χ2v) is 5.46. The molecule has 1 unspecified atom stereocenters. The van der Waals surface area contributed by atoms with Crippen molar-refractivity contribution in [2.75, 3.05) is 6.54 Å². The molecule has 1 fully saturated rings. The van der Waals surface area contributed by atoms with E-state index >= 15 is 0 Å². The number of hydrogen-bond acceptors (Lipinski definition) is 2. The minimum atomic E-state index is 0.536. The van der Waals surface area contributed by atoms with Crippen molar-refractivity contribution in [3.05, 3.63) is 18.2 Å². The summed E-state index contributed by atoms with van der Waals surface area (Å²) in [6, 6.07) is 1.18. The van der Waals surface area contributed by atoms with Crippen molar-refractivity contribution in [3.8, 4) is 0 Å². The first-order valence-corrected chi connectivity index (χ1v) is 7.61. The summed E-state index contributed by atoms with van der Waals surface area (Å²) in [6.45, 7) is 5.71. The molecule has 102 valence electrons. The van der Waals surface area contributed by atoms with Crippen molar-refractivity contribution < 1.29 is 0 Å². The molecule has 2 rings (SSSR count). The van der Waals surface area contributed by atoms with E-state index in [0.717, 1.165) is 6.54 Å². The fraction of sp³-hybridized carbons (Fsp3) is 0.800. The lowest BCUT2D eigenvalue weighted by Crippen LogP contribution is -2.19. The van der Waals surface area contributed by atoms with Gasteiger partial charge in [0, 0.05) is 18.3 Å². The van der Waals surface area contributed by atoms with E-state index in [1.807, 2.05) is 6.33 Å². The third-order valence-corrected chi connectivity index (χ3v) is 4.02. The molecule has 3 nitrogen and oxygen atoms in total. The van der Waals surface area contributed by atoms with Crippen molar-refractivity contribution >= 4 is 0 Å². The molecule has 1 aliphatic heterocycles. The van der Waals surface area contributed by atoms with E-state index in [1.54, 1.807) is 0 Å². The van der Waals surface area contributed by atoms with E-state index in [0.29, 0.717) is 12.1 Å². The van der Waals surface area contributed by atoms with Crippen molar-refractivity contribution in [1.82, 2.24) is 14.9 Å². The van der Waals surface area contributed by atoms with Crippen LogP contribution in [-0.4, -0.2) is 16.1 Å². The molecule has 2 atom stereocenters. The van der Waals surface area contributed by atoms with Crippen LogP contribution in [0.1, 0.15) is 76.6 Å². The van der Waals surface area contributed by atoms with Gasteiger partial charge in [-0.15, -0.1) is 0 Å². The lowest BCUT2D eigenvalue weighted by atomic mass is 10.0. The van der Waals surface area contributed by atoms with Gasteiger partial charge in [0.1, 0.15) is 0 Å². The minimum absolute atomic E-state index is 0.536. The van der Waals surface area contributed by atoms with Gasteiger partial charge in [0.15, 0.2) is 0 Å². The zero-order valence-corrected chi connectivity index (χ0v) is 11.9. The highest BCUT2D eigenvalue weighted by Gasteiger charge is 2.22. The summed E-state index contributed by atoms with van der Waals surface area (Å²) >= 11 is 0. The molecule has 0 spiro atoms. The average molecular weight is 249 g/mol. The maximum absolute atomic E-state index is 4.40. The Kier molecular flexibility index (Phi) is 5.24. The van der Waals surface area contributed by atoms with E-state index in [4.69, 9.17) is 0 Å². The second-order valence-electron chi connectivity index (χ2n) is 5.46. The van der Waals surface area contributed by atoms with Crippen LogP contribution in [0.15, 0.2) is 12.5 Å². The minimum Gasteiger partial charge on any atom is -0.330 e. The van der Waals surface area contributed by atoms with Crippen LogP contribution in [0.5, 0.6) is 0 Å². The molecular formula is C15H27N3. The Labute approximate surface area is 111 Å². The van der Waals surface area contributed by atoms with E-state index in [1.165, 1.54) is 50.6 Å². The lowest BCUT2D eigenvalue weighted by Gasteiger charge is -2.23. The van der Waals surface area contributed by atoms with Crippen LogP contribution in [0, 0.1) is 0 Å². The van der Waals surface area contributed by atoms with Gasteiger partial charge in [-0.05, 0) is 32.2 Å². The van der Waals surface area contributed by atoms with Crippen LogP contribution in [0.2, 0.25) is 0 Å². The van der Waals surface area contributed by atoms with E-state index < -0.39 is 0 Å². The van der Waals surface area contributed by atoms with Crippen LogP contribution in [0.25, 0.3) is 0 Å². The normalized spacial score (nSPS) is 21.3. The predicted octanol–water partition coefficient (Wildman–Crippen LogP) is 3.84. The standard InChI is InChI=1S/C15H27N3/c1-3-5-8-13(7-4-2)18-12-16-11-15(18)14-9-6-10-17-14/h11-14,17H,3-10H2,1-2H3/t13?,14-/m0/s1. The average Bonchev–Trinajstić information content (AvgIpc) is 3.03. The first-order chi connectivity index (χ1) is 8.86. The Morgan fingerprint density at radius 2 is 2.28 bits per heavy atom. The summed E-state index contributed by atoms with van der Waals surface area (Å²) in [6.07, 6.45) is 13.1. The third-order valence-electron chi connectivity index (χ3n) is 4.02. The molecule has 1 aromatic rings. The van der Waals surface area contributed by atoms with Crippen LogP contribution in [0.3, 0.4) is 0 Å². The fourth-order valence-electron chi connectivity index (χ4n) is 3.02. The number of hydrogen-bond donors (Lipinski definition) is 1. The molecule has 0 saturated carbocycles. The molecule has 1 saturated heterocycles. The molecule has 0 bridgehead atoms. The molecule has 0 aliphatic carbocycles. The van der Waals surface area contributed by atoms with Crippen LogP contribution in [-0.2, 0) is 0 Å². The highest BCUT2D eigenvalue weighted by atomic mass is 15.1. The van der Waals surface area contributed by atoms with Gasteiger partial charge in [-0.25, -0.2) is 4.98 Å². The monoisotopic (exact) mass is 249 g/mol. The number of nitrogens with zero attached hydrogens (tertiary/aromatic N) is 2. The van der Waals surface area contributed by atoms with E-state index in [2.05, 4.69) is 34.9 Å². The topological polar surface area (TPSA) is 29.9 Å². The van der Waals surface area contributed by atoms with Gasteiger partial charge < -0.3 is 9.88 Å². The van der Waals surface area contributed by atoms with E-state index in [9.17, 15) is 0 Å². The quantitative estimate of drug-likeness (QED) is 0.795. The number of unbranched alkanes of at least 4 members (excludes halogenated alkanes) is 1. The molecular weight excluding hydrogens is 222 g/mol. The first-order valence-electron chi connectivity index (χ1n) is 7.61. The Morgan fingerprint density at radius 3 is 2.94 bits per heavy atom. The zero-order valence-electron chi connectivity index (χ0n) is 11.9. The Bertz CT molecular complexity index is 339. The van der Waals surface area contributed by atoms with Crippen LogP contribution >= 0.6 is 0 Å². The maximum Gasteiger partial charge on any atom is 0.0951 e. The summed E-state index contributed by atoms with van der Waals surface area (Å²) in [5.74, 6) is 0. The van der Waals surface area contributed by atoms with Crippen LogP contribution in [0.4, 0.5) is 0 Å². The summed E-state index contributed by atoms with van der Waals surface area (Å²) < 4.78 is 2.45. The third kappa shape index (κ3) is 3.14. The summed E-state index contributed by atoms with van der Waals surface area (Å²) in [4.78, 5) is 4.40. The molecule has 18 heavy (non-hydrogen) atoms. The van der Waals surface area contributed by atoms with Crippen molar-refractivity contribution in [2.24, 2.45) is 0 Å².